The van der Waals surface area contributed by atoms with Crippen LogP contribution in [0.1, 0.15) is 20.8 Å². The van der Waals surface area contributed by atoms with Crippen molar-refractivity contribution in [1.82, 2.24) is 15.5 Å². The van der Waals surface area contributed by atoms with Crippen molar-refractivity contribution in [2.75, 3.05) is 33.4 Å². The summed E-state index contributed by atoms with van der Waals surface area (Å²) in [7, 11) is 1.56. The van der Waals surface area contributed by atoms with Gasteiger partial charge in [0.25, 0.3) is 0 Å². The first kappa shape index (κ1) is 17.6. The van der Waals surface area contributed by atoms with Crippen LogP contribution in [0.2, 0.25) is 0 Å². The van der Waals surface area contributed by atoms with Gasteiger partial charge in [0.15, 0.2) is 5.78 Å². The van der Waals surface area contributed by atoms with E-state index in [4.69, 9.17) is 4.74 Å². The number of Topliss-reactive ketones (excluding diaryl/α,β-unsaturated/α-hetero) is 1. The van der Waals surface area contributed by atoms with E-state index in [9.17, 15) is 14.4 Å². The monoisotopic (exact) mass is 299 g/mol. The molecule has 0 aromatic rings. The Balaban J connectivity index is 2.62. The number of carbonyl (C=O) groups excluding carboxylic acids is 3. The van der Waals surface area contributed by atoms with Crippen LogP contribution in [0.4, 0.5) is 0 Å². The average molecular weight is 299 g/mol. The van der Waals surface area contributed by atoms with E-state index in [1.54, 1.807) is 11.9 Å². The number of nitrogens with one attached hydrogen (secondary N) is 2. The summed E-state index contributed by atoms with van der Waals surface area (Å²) < 4.78 is 5.29. The van der Waals surface area contributed by atoms with Crippen molar-refractivity contribution >= 4 is 17.6 Å². The van der Waals surface area contributed by atoms with E-state index in [1.807, 2.05) is 13.8 Å². The molecule has 120 valence electrons. The molecule has 0 spiro atoms. The van der Waals surface area contributed by atoms with Gasteiger partial charge in [0.1, 0.15) is 6.04 Å². The molecule has 2 amide bonds. The molecule has 0 bridgehead atoms. The molecule has 7 heteroatoms. The maximum atomic E-state index is 12.1. The number of carbonyl (C=O) groups is 3. The van der Waals surface area contributed by atoms with Gasteiger partial charge < -0.3 is 15.4 Å². The van der Waals surface area contributed by atoms with Gasteiger partial charge in [0, 0.05) is 13.6 Å². The van der Waals surface area contributed by atoms with E-state index in [2.05, 4.69) is 10.6 Å². The molecule has 0 aromatic carbocycles. The predicted molar refractivity (Wildman–Crippen MR) is 77.7 cm³/mol. The summed E-state index contributed by atoms with van der Waals surface area (Å²) in [5, 5.41) is 5.31. The Morgan fingerprint density at radius 1 is 1.33 bits per heavy atom. The molecule has 2 N–H and O–H groups in total. The zero-order chi connectivity index (χ0) is 16.0. The largest absolute Gasteiger partial charge is 0.378 e. The van der Waals surface area contributed by atoms with Crippen LogP contribution in [-0.4, -0.2) is 67.9 Å². The first-order valence-corrected chi connectivity index (χ1v) is 7.20. The smallest absolute Gasteiger partial charge is 0.239 e. The topological polar surface area (TPSA) is 87.7 Å². The highest BCUT2D eigenvalue weighted by atomic mass is 16.5. The van der Waals surface area contributed by atoms with Gasteiger partial charge in [-0.25, -0.2) is 0 Å². The second-order valence-electron chi connectivity index (χ2n) is 5.58. The summed E-state index contributed by atoms with van der Waals surface area (Å²) in [5.74, 6) is -0.455. The summed E-state index contributed by atoms with van der Waals surface area (Å²) >= 11 is 0. The van der Waals surface area contributed by atoms with Gasteiger partial charge in [-0.2, -0.15) is 0 Å². The van der Waals surface area contributed by atoms with E-state index >= 15 is 0 Å². The number of likely N-dealkylation sites (N-methyl/N-ethyl adjacent to an activating group) is 1. The number of rotatable bonds is 6. The molecule has 21 heavy (non-hydrogen) atoms. The second-order valence-corrected chi connectivity index (χ2v) is 5.58. The molecule has 0 aliphatic carbocycles. The third-order valence-electron chi connectivity index (χ3n) is 3.56. The van der Waals surface area contributed by atoms with Crippen LogP contribution in [0.15, 0.2) is 0 Å². The molecule has 1 saturated heterocycles. The van der Waals surface area contributed by atoms with Gasteiger partial charge >= 0.3 is 0 Å². The number of amides is 2. The average Bonchev–Trinajstić information content (AvgIpc) is 2.43. The third kappa shape index (κ3) is 5.09. The summed E-state index contributed by atoms with van der Waals surface area (Å²) in [6, 6.07) is -0.957. The van der Waals surface area contributed by atoms with Gasteiger partial charge in [-0.05, 0) is 12.8 Å². The molecule has 1 aliphatic rings. The maximum absolute atomic E-state index is 12.1. The van der Waals surface area contributed by atoms with Crippen LogP contribution in [0, 0.1) is 5.92 Å². The van der Waals surface area contributed by atoms with E-state index in [0.717, 1.165) is 0 Å². The minimum Gasteiger partial charge on any atom is -0.378 e. The Bertz CT molecular complexity index is 398. The minimum absolute atomic E-state index is 0.0332. The normalized spacial score (nSPS) is 20.9. The van der Waals surface area contributed by atoms with E-state index in [-0.39, 0.29) is 36.7 Å². The van der Waals surface area contributed by atoms with E-state index < -0.39 is 12.1 Å². The Morgan fingerprint density at radius 2 is 2.00 bits per heavy atom. The molecular formula is C14H25N3O4. The number of ketones is 1. The van der Waals surface area contributed by atoms with E-state index in [1.165, 1.54) is 6.92 Å². The highest BCUT2D eigenvalue weighted by Gasteiger charge is 2.31. The lowest BCUT2D eigenvalue weighted by atomic mass is 10.0. The van der Waals surface area contributed by atoms with Crippen molar-refractivity contribution in [3.05, 3.63) is 0 Å². The predicted octanol–water partition coefficient (Wildman–Crippen LogP) is -0.837. The number of hydrogen-bond acceptors (Lipinski definition) is 5. The molecule has 2 unspecified atom stereocenters. The molecule has 0 radical (unpaired) electrons. The molecule has 2 atom stereocenters. The number of morpholine rings is 1. The Hall–Kier alpha value is -1.47. The van der Waals surface area contributed by atoms with Gasteiger partial charge in [-0.3, -0.25) is 19.3 Å². The van der Waals surface area contributed by atoms with Crippen molar-refractivity contribution in [2.45, 2.75) is 32.9 Å². The highest BCUT2D eigenvalue weighted by molar-refractivity contribution is 5.89. The summed E-state index contributed by atoms with van der Waals surface area (Å²) in [6.45, 7) is 6.58. The Labute approximate surface area is 125 Å². The van der Waals surface area contributed by atoms with Crippen LogP contribution in [0.25, 0.3) is 0 Å². The molecule has 0 aromatic heterocycles. The van der Waals surface area contributed by atoms with Crippen molar-refractivity contribution in [3.8, 4) is 0 Å². The number of nitrogens with zero attached hydrogens (tertiary/aromatic N) is 1. The van der Waals surface area contributed by atoms with Crippen LogP contribution in [0.3, 0.4) is 0 Å². The lowest BCUT2D eigenvalue weighted by Crippen LogP contribution is -2.56. The molecule has 1 rings (SSSR count). The maximum Gasteiger partial charge on any atom is 0.239 e. The van der Waals surface area contributed by atoms with Gasteiger partial charge in [-0.1, -0.05) is 13.8 Å². The van der Waals surface area contributed by atoms with Crippen molar-refractivity contribution in [1.29, 1.82) is 0 Å². The lowest BCUT2D eigenvalue weighted by molar-refractivity contribution is -0.136. The summed E-state index contributed by atoms with van der Waals surface area (Å²) in [4.78, 5) is 37.2. The first-order chi connectivity index (χ1) is 9.86. The number of ether oxygens (including phenoxy) is 1. The highest BCUT2D eigenvalue weighted by Crippen LogP contribution is 2.08. The molecular weight excluding hydrogens is 274 g/mol. The van der Waals surface area contributed by atoms with Crippen LogP contribution < -0.4 is 10.6 Å². The quantitative estimate of drug-likeness (QED) is 0.668. The molecule has 1 fully saturated rings. The SMILES string of the molecule is CNC(=O)C1COCCN1CC(=O)NC(C(C)=O)C(C)C. The van der Waals surface area contributed by atoms with Crippen molar-refractivity contribution in [3.63, 3.8) is 0 Å². The standard InChI is InChI=1S/C14H25N3O4/c1-9(2)13(10(3)18)16-12(19)7-17-5-6-21-8-11(17)14(20)15-4/h9,11,13H,5-8H2,1-4H3,(H,15,20)(H,16,19). The van der Waals surface area contributed by atoms with Gasteiger partial charge in [0.2, 0.25) is 11.8 Å². The van der Waals surface area contributed by atoms with Gasteiger partial charge in [-0.15, -0.1) is 0 Å². The molecule has 1 heterocycles. The van der Waals surface area contributed by atoms with Crippen LogP contribution >= 0.6 is 0 Å². The van der Waals surface area contributed by atoms with Crippen molar-refractivity contribution < 1.29 is 19.1 Å². The molecule has 0 saturated carbocycles. The third-order valence-corrected chi connectivity index (χ3v) is 3.56. The minimum atomic E-state index is -0.489. The Kier molecular flexibility index (Phi) is 6.77. The summed E-state index contributed by atoms with van der Waals surface area (Å²) in [6.07, 6.45) is 0. The lowest BCUT2D eigenvalue weighted by Gasteiger charge is -2.34. The van der Waals surface area contributed by atoms with Gasteiger partial charge in [0.05, 0.1) is 25.8 Å². The van der Waals surface area contributed by atoms with E-state index in [0.29, 0.717) is 13.2 Å². The zero-order valence-electron chi connectivity index (χ0n) is 13.1. The Morgan fingerprint density at radius 3 is 2.52 bits per heavy atom. The summed E-state index contributed by atoms with van der Waals surface area (Å²) in [5.41, 5.74) is 0. The van der Waals surface area contributed by atoms with Crippen LogP contribution in [0.5, 0.6) is 0 Å². The fourth-order valence-corrected chi connectivity index (χ4v) is 2.38. The number of hydrogen-bond donors (Lipinski definition) is 2. The van der Waals surface area contributed by atoms with Crippen molar-refractivity contribution in [2.24, 2.45) is 5.92 Å². The fourth-order valence-electron chi connectivity index (χ4n) is 2.38. The molecule has 7 nitrogen and oxygen atoms in total. The zero-order valence-corrected chi connectivity index (χ0v) is 13.1. The fraction of sp³-hybridized carbons (Fsp3) is 0.786. The molecule has 1 aliphatic heterocycles. The second kappa shape index (κ2) is 8.09. The first-order valence-electron chi connectivity index (χ1n) is 7.20. The van der Waals surface area contributed by atoms with Crippen LogP contribution in [-0.2, 0) is 19.1 Å².